The van der Waals surface area contributed by atoms with Crippen LogP contribution in [0.1, 0.15) is 170 Å². The Morgan fingerprint density at radius 2 is 0.827 bits per heavy atom. The molecule has 14 fully saturated rings. The Labute approximate surface area is 314 Å². The van der Waals surface area contributed by atoms with Gasteiger partial charge in [-0.3, -0.25) is 0 Å². The van der Waals surface area contributed by atoms with Gasteiger partial charge in [-0.25, -0.2) is 0 Å². The Bertz CT molecular complexity index is 1460. The molecule has 0 amide bonds. The molecule has 0 aromatic heterocycles. The van der Waals surface area contributed by atoms with Crippen molar-refractivity contribution in [2.45, 2.75) is 183 Å². The van der Waals surface area contributed by atoms with Gasteiger partial charge in [-0.05, 0) is 198 Å². The number of benzene rings is 1. The number of hydrogen-bond donors (Lipinski definition) is 0. The first-order valence-corrected chi connectivity index (χ1v) is 23.2. The number of rotatable bonds is 14. The molecule has 4 heteroatoms. The molecule has 284 valence electrons. The zero-order valence-corrected chi connectivity index (χ0v) is 32.6. The summed E-state index contributed by atoms with van der Waals surface area (Å²) in [5, 5.41) is 0. The summed E-state index contributed by atoms with van der Waals surface area (Å²) >= 11 is 0. The van der Waals surface area contributed by atoms with Crippen molar-refractivity contribution in [1.82, 2.24) is 0 Å². The molecule has 52 heavy (non-hydrogen) atoms. The van der Waals surface area contributed by atoms with Gasteiger partial charge in [0.05, 0.1) is 13.2 Å². The second kappa shape index (κ2) is 12.1. The highest BCUT2D eigenvalue weighted by Gasteiger charge is 2.61. The minimum absolute atomic E-state index is 0.212. The topological polar surface area (TPSA) is 43.5 Å². The molecule has 2 aliphatic heterocycles. The molecule has 12 saturated carbocycles. The van der Waals surface area contributed by atoms with Crippen LogP contribution in [0, 0.1) is 53.3 Å². The summed E-state index contributed by atoms with van der Waals surface area (Å²) < 4.78 is 27.2. The molecule has 0 radical (unpaired) electrons. The van der Waals surface area contributed by atoms with Crippen LogP contribution < -0.4 is 9.47 Å². The van der Waals surface area contributed by atoms with Crippen LogP contribution in [0.5, 0.6) is 11.5 Å². The van der Waals surface area contributed by atoms with Crippen LogP contribution in [-0.2, 0) is 32.1 Å². The zero-order chi connectivity index (χ0) is 34.2. The molecule has 4 nitrogen and oxygen atoms in total. The van der Waals surface area contributed by atoms with Crippen LogP contribution in [0.25, 0.3) is 0 Å². The number of epoxide rings is 2. The van der Waals surface area contributed by atoms with Crippen LogP contribution >= 0.6 is 0 Å². The van der Waals surface area contributed by atoms with Crippen molar-refractivity contribution in [3.63, 3.8) is 0 Å². The van der Waals surface area contributed by atoms with Crippen molar-refractivity contribution in [2.24, 2.45) is 53.3 Å². The van der Waals surface area contributed by atoms with E-state index in [9.17, 15) is 0 Å². The number of unbranched alkanes of at least 4 members (excludes halogenated alkanes) is 3. The van der Waals surface area contributed by atoms with Gasteiger partial charge in [-0.2, -0.15) is 0 Å². The lowest BCUT2D eigenvalue weighted by Gasteiger charge is -2.62. The van der Waals surface area contributed by atoms with E-state index in [4.69, 9.17) is 18.9 Å². The minimum atomic E-state index is 0.212. The summed E-state index contributed by atoms with van der Waals surface area (Å²) in [4.78, 5) is 0. The van der Waals surface area contributed by atoms with Gasteiger partial charge in [0.25, 0.3) is 0 Å². The second-order valence-electron chi connectivity index (χ2n) is 22.2. The van der Waals surface area contributed by atoms with Crippen molar-refractivity contribution < 1.29 is 18.9 Å². The summed E-state index contributed by atoms with van der Waals surface area (Å²) in [6, 6.07) is 0. The van der Waals surface area contributed by atoms with Gasteiger partial charge >= 0.3 is 0 Å². The average Bonchev–Trinajstić information content (AvgIpc) is 4.03. The first kappa shape index (κ1) is 32.9. The monoisotopic (exact) mass is 709 g/mol. The van der Waals surface area contributed by atoms with Crippen LogP contribution in [0.2, 0.25) is 0 Å². The summed E-state index contributed by atoms with van der Waals surface area (Å²) in [7, 11) is 0. The maximum absolute atomic E-state index is 7.70. The van der Waals surface area contributed by atoms with E-state index in [2.05, 4.69) is 6.92 Å². The molecule has 15 rings (SSSR count). The van der Waals surface area contributed by atoms with Crippen molar-refractivity contribution in [2.75, 3.05) is 26.4 Å². The number of ether oxygens (including phenoxy) is 4. The van der Waals surface area contributed by atoms with Crippen molar-refractivity contribution >= 4 is 0 Å². The van der Waals surface area contributed by atoms with E-state index in [1.165, 1.54) is 159 Å². The molecule has 2 unspecified atom stereocenters. The van der Waals surface area contributed by atoms with Gasteiger partial charge < -0.3 is 18.9 Å². The molecule has 14 aliphatic rings. The van der Waals surface area contributed by atoms with Gasteiger partial charge in [0.1, 0.15) is 36.9 Å². The van der Waals surface area contributed by atoms with E-state index in [-0.39, 0.29) is 17.6 Å². The highest BCUT2D eigenvalue weighted by molar-refractivity contribution is 5.68. The summed E-state index contributed by atoms with van der Waals surface area (Å²) in [6.07, 6.45) is 33.3. The normalized spacial score (nSPS) is 48.1. The van der Waals surface area contributed by atoms with E-state index in [1.54, 1.807) is 11.1 Å². The molecule has 2 atom stereocenters. The predicted molar refractivity (Wildman–Crippen MR) is 204 cm³/mol. The third-order valence-corrected chi connectivity index (χ3v) is 18.1. The molecule has 12 bridgehead atoms. The molecule has 0 spiro atoms. The largest absolute Gasteiger partial charge is 0.490 e. The number of hydrogen-bond acceptors (Lipinski definition) is 4. The Balaban J connectivity index is 1.14. The minimum Gasteiger partial charge on any atom is -0.490 e. The molecule has 0 N–H and O–H groups in total. The molecular weight excluding hydrogens is 641 g/mol. The van der Waals surface area contributed by atoms with Gasteiger partial charge in [0, 0.05) is 22.0 Å². The first-order chi connectivity index (χ1) is 25.5. The molecule has 2 heterocycles. The smallest absolute Gasteiger partial charge is 0.130 e. The maximum Gasteiger partial charge on any atom is 0.130 e. The Morgan fingerprint density at radius 1 is 0.462 bits per heavy atom. The lowest BCUT2D eigenvalue weighted by Crippen LogP contribution is -2.54. The van der Waals surface area contributed by atoms with Crippen LogP contribution in [0.4, 0.5) is 0 Å². The van der Waals surface area contributed by atoms with Crippen LogP contribution in [-0.4, -0.2) is 38.6 Å². The maximum atomic E-state index is 7.70. The van der Waals surface area contributed by atoms with E-state index in [1.807, 2.05) is 11.1 Å². The van der Waals surface area contributed by atoms with Gasteiger partial charge in [-0.1, -0.05) is 26.2 Å². The first-order valence-electron chi connectivity index (χ1n) is 23.2. The fraction of sp³-hybridized carbons (Fsp3) is 0.875. The lowest BCUT2D eigenvalue weighted by molar-refractivity contribution is -0.0209. The zero-order valence-electron chi connectivity index (χ0n) is 32.6. The molecule has 1 aromatic rings. The SMILES string of the molecule is CCCCCCc1c(OCC2CO2)c(C23CC4CC(CC(C4)C2)C3)c(OCC2CO2)c(C23CC4CC(CC(C4)C2)C3)c1C12CC3CC(CC(C3)C1)C2. The third-order valence-electron chi connectivity index (χ3n) is 18.1. The van der Waals surface area contributed by atoms with E-state index >= 15 is 0 Å². The predicted octanol–water partition coefficient (Wildman–Crippen LogP) is 10.8. The van der Waals surface area contributed by atoms with E-state index in [0.717, 1.165) is 79.7 Å². The quantitative estimate of drug-likeness (QED) is 0.143. The van der Waals surface area contributed by atoms with Gasteiger partial charge in [-0.15, -0.1) is 0 Å². The molecule has 12 aliphatic carbocycles. The second-order valence-corrected chi connectivity index (χ2v) is 22.2. The highest BCUT2D eigenvalue weighted by atomic mass is 16.6. The van der Waals surface area contributed by atoms with Crippen molar-refractivity contribution in [3.8, 4) is 11.5 Å². The summed E-state index contributed by atoms with van der Waals surface area (Å²) in [6.45, 7) is 5.59. The Kier molecular flexibility index (Phi) is 7.68. The van der Waals surface area contributed by atoms with Crippen molar-refractivity contribution in [1.29, 1.82) is 0 Å². The van der Waals surface area contributed by atoms with Crippen molar-refractivity contribution in [3.05, 3.63) is 22.3 Å². The third kappa shape index (κ3) is 5.38. The molecule has 1 aromatic carbocycles. The standard InChI is InChI=1S/C48H68O4/c1-2-3-4-5-6-40-41(46-16-29-7-30(17-46)9-31(8-29)18-46)42(47-19-32-10-33(20-47)12-34(11-32)21-47)45(52-28-39-26-50-39)43(44(40)51-27-38-25-49-38)48-22-35-13-36(23-48)15-37(14-35)24-48/h29-39H,2-28H2,1H3. The fourth-order valence-corrected chi connectivity index (χ4v) is 17.5. The van der Waals surface area contributed by atoms with E-state index in [0.29, 0.717) is 10.8 Å². The van der Waals surface area contributed by atoms with E-state index < -0.39 is 0 Å². The Morgan fingerprint density at radius 3 is 1.21 bits per heavy atom. The lowest BCUT2D eigenvalue weighted by atomic mass is 9.42. The van der Waals surface area contributed by atoms with Crippen LogP contribution in [0.15, 0.2) is 0 Å². The van der Waals surface area contributed by atoms with Gasteiger partial charge in [0.2, 0.25) is 0 Å². The van der Waals surface area contributed by atoms with Crippen LogP contribution in [0.3, 0.4) is 0 Å². The molecular formula is C48H68O4. The van der Waals surface area contributed by atoms with Gasteiger partial charge in [0.15, 0.2) is 0 Å². The Hall–Kier alpha value is -1.26. The average molecular weight is 709 g/mol. The summed E-state index contributed by atoms with van der Waals surface area (Å²) in [5.41, 5.74) is 7.88. The fourth-order valence-electron chi connectivity index (χ4n) is 17.5. The molecule has 2 saturated heterocycles. The highest BCUT2D eigenvalue weighted by Crippen LogP contribution is 2.71. The summed E-state index contributed by atoms with van der Waals surface area (Å²) in [5.74, 6) is 11.0.